The normalized spacial score (nSPS) is 26.1. The first kappa shape index (κ1) is 39.7. The highest BCUT2D eigenvalue weighted by Gasteiger charge is 2.40. The topological polar surface area (TPSA) is 113 Å². The molecule has 2 N–H and O–H groups in total. The van der Waals surface area contributed by atoms with Crippen LogP contribution in [0.3, 0.4) is 0 Å². The van der Waals surface area contributed by atoms with E-state index in [0.29, 0.717) is 34.6 Å². The number of aliphatic hydroxyl groups excluding tert-OH is 1. The lowest BCUT2D eigenvalue weighted by Crippen LogP contribution is -2.44. The lowest BCUT2D eigenvalue weighted by molar-refractivity contribution is -0.185. The van der Waals surface area contributed by atoms with Crippen LogP contribution in [0.4, 0.5) is 0 Å². The monoisotopic (exact) mass is 773 g/mol. The molecule has 278 valence electrons. The second kappa shape index (κ2) is 20.7. The summed E-state index contributed by atoms with van der Waals surface area (Å²) in [6.07, 6.45) is 9.61. The van der Waals surface area contributed by atoms with Gasteiger partial charge in [-0.3, -0.25) is 4.79 Å². The van der Waals surface area contributed by atoms with E-state index in [9.17, 15) is 14.7 Å². The van der Waals surface area contributed by atoms with E-state index in [1.54, 1.807) is 12.1 Å². The van der Waals surface area contributed by atoms with Crippen LogP contribution in [-0.2, 0) is 41.3 Å². The molecule has 3 fully saturated rings. The largest absolute Gasteiger partial charge is 0.461 e. The number of carbonyl (C=O) groups is 2. The molecule has 2 unspecified atom stereocenters. The maximum atomic E-state index is 12.8. The number of thiophene rings is 1. The predicted octanol–water partition coefficient (Wildman–Crippen LogP) is 7.73. The van der Waals surface area contributed by atoms with Crippen molar-refractivity contribution in [2.24, 2.45) is 11.8 Å². The molecular formula is C37H50Cl3NO8S. The van der Waals surface area contributed by atoms with E-state index in [1.165, 1.54) is 11.3 Å². The number of rotatable bonds is 18. The molecular weight excluding hydrogens is 725 g/mol. The Balaban J connectivity index is 1.02. The van der Waals surface area contributed by atoms with Crippen LogP contribution in [0, 0.1) is 11.8 Å². The molecule has 2 aromatic rings. The molecule has 1 aromatic heterocycles. The fourth-order valence-corrected chi connectivity index (χ4v) is 9.04. The van der Waals surface area contributed by atoms with Crippen molar-refractivity contribution in [1.82, 2.24) is 5.32 Å². The third-order valence-electron chi connectivity index (χ3n) is 9.66. The lowest BCUT2D eigenvalue weighted by Gasteiger charge is -2.28. The molecule has 2 aliphatic heterocycles. The van der Waals surface area contributed by atoms with Crippen molar-refractivity contribution in [3.05, 3.63) is 55.7 Å². The molecule has 3 aliphatic rings. The number of carbonyl (C=O) groups excluding carboxylic acids is 2. The third kappa shape index (κ3) is 12.9. The lowest BCUT2D eigenvalue weighted by atomic mass is 9.85. The molecule has 1 aliphatic carbocycles. The number of ether oxygens (including phenoxy) is 5. The van der Waals surface area contributed by atoms with Gasteiger partial charge in [0.05, 0.1) is 31.8 Å². The molecule has 5 rings (SSSR count). The number of benzene rings is 1. The fraction of sp³-hybridized carbons (Fsp3) is 0.676. The van der Waals surface area contributed by atoms with Crippen LogP contribution in [0.5, 0.6) is 0 Å². The van der Waals surface area contributed by atoms with Crippen LogP contribution in [0.1, 0.15) is 90.7 Å². The molecule has 6 atom stereocenters. The van der Waals surface area contributed by atoms with Crippen molar-refractivity contribution in [2.45, 2.75) is 114 Å². The van der Waals surface area contributed by atoms with Crippen molar-refractivity contribution in [2.75, 3.05) is 33.0 Å². The average molecular weight is 775 g/mol. The first-order valence-corrected chi connectivity index (χ1v) is 20.0. The van der Waals surface area contributed by atoms with E-state index in [4.69, 9.17) is 58.5 Å². The Bertz CT molecular complexity index is 1310. The van der Waals surface area contributed by atoms with E-state index in [1.807, 2.05) is 18.2 Å². The molecule has 0 spiro atoms. The molecule has 9 nitrogen and oxygen atoms in total. The quantitative estimate of drug-likeness (QED) is 0.117. The highest BCUT2D eigenvalue weighted by Crippen LogP contribution is 2.42. The van der Waals surface area contributed by atoms with Gasteiger partial charge in [0, 0.05) is 33.5 Å². The van der Waals surface area contributed by atoms with E-state index >= 15 is 0 Å². The smallest absolute Gasteiger partial charge is 0.348 e. The van der Waals surface area contributed by atoms with E-state index < -0.39 is 12.1 Å². The molecule has 0 radical (unpaired) electrons. The second-order valence-corrected chi connectivity index (χ2v) is 16.1. The summed E-state index contributed by atoms with van der Waals surface area (Å²) in [5, 5.41) is 14.9. The van der Waals surface area contributed by atoms with Crippen LogP contribution in [0.15, 0.2) is 30.3 Å². The van der Waals surface area contributed by atoms with E-state index in [2.05, 4.69) is 5.32 Å². The van der Waals surface area contributed by atoms with Gasteiger partial charge < -0.3 is 34.1 Å². The summed E-state index contributed by atoms with van der Waals surface area (Å²) in [5.74, 6) is -0.383. The first-order valence-electron chi connectivity index (χ1n) is 18.0. The zero-order valence-corrected chi connectivity index (χ0v) is 31.6. The molecule has 2 saturated heterocycles. The van der Waals surface area contributed by atoms with Gasteiger partial charge in [0.15, 0.2) is 12.6 Å². The zero-order chi connectivity index (χ0) is 35.3. The van der Waals surface area contributed by atoms with Gasteiger partial charge in [0.2, 0.25) is 5.91 Å². The molecule has 0 bridgehead atoms. The number of aryl methyl sites for hydroxylation is 2. The molecule has 13 heteroatoms. The summed E-state index contributed by atoms with van der Waals surface area (Å²) < 4.78 is 28.7. The fourth-order valence-electron chi connectivity index (χ4n) is 7.03. The van der Waals surface area contributed by atoms with Crippen molar-refractivity contribution in [3.63, 3.8) is 0 Å². The van der Waals surface area contributed by atoms with Gasteiger partial charge in [-0.2, -0.15) is 0 Å². The predicted molar refractivity (Wildman–Crippen MR) is 195 cm³/mol. The van der Waals surface area contributed by atoms with E-state index in [0.717, 1.165) is 81.1 Å². The standard InChI is InChI=1S/C37H50Cl3NO8S/c38-25-18-24(19-26(39)20-25)10-12-30-29(31(40)21-32(30)42)7-5-6-28-11-13-33(50-28)37(44)47-17-14-34(43)41-27(22-48-35-8-1-3-15-45-35)23-49-36-9-2-4-16-46-36/h11,13,18-20,27,29-32,35-36,42H,1-10,12,14-17,21-23H2,(H,41,43)/t27?,29-,30-,31+,32-,35?,36?/m1/s1. The number of alkyl halides is 1. The average Bonchev–Trinajstić information content (AvgIpc) is 3.68. The summed E-state index contributed by atoms with van der Waals surface area (Å²) in [6.45, 7) is 1.83. The Morgan fingerprint density at radius 3 is 2.24 bits per heavy atom. The van der Waals surface area contributed by atoms with Crippen LogP contribution >= 0.6 is 46.1 Å². The van der Waals surface area contributed by atoms with Crippen LogP contribution in [0.25, 0.3) is 0 Å². The summed E-state index contributed by atoms with van der Waals surface area (Å²) >= 11 is 20.5. The van der Waals surface area contributed by atoms with Gasteiger partial charge in [0.25, 0.3) is 0 Å². The SMILES string of the molecule is O=C(CCOC(=O)c1ccc(CCC[C@@H]2[C@@H](CCc3cc(Cl)cc(Cl)c3)[C@H](O)C[C@@H]2Cl)s1)NC(COC1CCCCO1)COC1CCCCO1. The van der Waals surface area contributed by atoms with Gasteiger partial charge in [-0.25, -0.2) is 4.79 Å². The molecule has 1 amide bonds. The highest BCUT2D eigenvalue weighted by molar-refractivity contribution is 7.13. The van der Waals surface area contributed by atoms with Crippen molar-refractivity contribution in [3.8, 4) is 0 Å². The minimum atomic E-state index is -0.443. The zero-order valence-electron chi connectivity index (χ0n) is 28.5. The molecule has 3 heterocycles. The molecule has 1 aromatic carbocycles. The number of hydrogen-bond donors (Lipinski definition) is 2. The summed E-state index contributed by atoms with van der Waals surface area (Å²) in [5.41, 5.74) is 1.05. The number of halogens is 3. The number of aliphatic hydroxyl groups is 1. The van der Waals surface area contributed by atoms with Crippen molar-refractivity contribution < 1.29 is 38.4 Å². The van der Waals surface area contributed by atoms with Crippen molar-refractivity contribution >= 4 is 58.0 Å². The summed E-state index contributed by atoms with van der Waals surface area (Å²) in [4.78, 5) is 27.2. The maximum Gasteiger partial charge on any atom is 0.348 e. The molecule has 50 heavy (non-hydrogen) atoms. The Labute approximate surface area is 314 Å². The minimum Gasteiger partial charge on any atom is -0.461 e. The first-order chi connectivity index (χ1) is 24.2. The van der Waals surface area contributed by atoms with Gasteiger partial charge >= 0.3 is 5.97 Å². The number of esters is 1. The van der Waals surface area contributed by atoms with Gasteiger partial charge in [-0.05, 0) is 125 Å². The summed E-state index contributed by atoms with van der Waals surface area (Å²) in [7, 11) is 0. The van der Waals surface area contributed by atoms with E-state index in [-0.39, 0.29) is 68.0 Å². The van der Waals surface area contributed by atoms with Gasteiger partial charge in [-0.15, -0.1) is 22.9 Å². The van der Waals surface area contributed by atoms with Gasteiger partial charge in [0.1, 0.15) is 11.5 Å². The van der Waals surface area contributed by atoms with Crippen LogP contribution in [-0.4, -0.2) is 80.1 Å². The van der Waals surface area contributed by atoms with Crippen LogP contribution in [0.2, 0.25) is 10.0 Å². The number of nitrogens with one attached hydrogen (secondary N) is 1. The van der Waals surface area contributed by atoms with Crippen LogP contribution < -0.4 is 5.32 Å². The Morgan fingerprint density at radius 2 is 1.60 bits per heavy atom. The van der Waals surface area contributed by atoms with Gasteiger partial charge in [-0.1, -0.05) is 23.2 Å². The second-order valence-electron chi connectivity index (χ2n) is 13.5. The maximum absolute atomic E-state index is 12.8. The minimum absolute atomic E-state index is 0.0265. The highest BCUT2D eigenvalue weighted by atomic mass is 35.5. The Kier molecular flexibility index (Phi) is 16.4. The van der Waals surface area contributed by atoms with Crippen molar-refractivity contribution in [1.29, 1.82) is 0 Å². The Morgan fingerprint density at radius 1 is 0.920 bits per heavy atom. The third-order valence-corrected chi connectivity index (χ3v) is 11.7. The summed E-state index contributed by atoms with van der Waals surface area (Å²) in [6, 6.07) is 8.90. The Hall–Kier alpha value is -1.47. The number of hydrogen-bond acceptors (Lipinski definition) is 9. The molecule has 1 saturated carbocycles. The number of amides is 1.